The molecule has 0 aliphatic heterocycles. The zero-order chi connectivity index (χ0) is 11.5. The first kappa shape index (κ1) is 11.8. The van der Waals surface area contributed by atoms with Crippen molar-refractivity contribution in [3.05, 3.63) is 22.9 Å². The van der Waals surface area contributed by atoms with Crippen molar-refractivity contribution in [2.24, 2.45) is 0 Å². The van der Waals surface area contributed by atoms with E-state index in [0.29, 0.717) is 0 Å². The maximum Gasteiger partial charge on any atom is 0.223 e. The largest absolute Gasteiger partial charge is 0.226 e. The van der Waals surface area contributed by atoms with Crippen LogP contribution in [0.5, 0.6) is 0 Å². The Morgan fingerprint density at radius 3 is 2.94 bits per heavy atom. The van der Waals surface area contributed by atoms with Crippen LogP contribution in [-0.4, -0.2) is 19.3 Å². The highest BCUT2D eigenvalue weighted by Gasteiger charge is 2.09. The average Bonchev–Trinajstić information content (AvgIpc) is 2.71. The van der Waals surface area contributed by atoms with E-state index in [1.165, 1.54) is 23.3 Å². The van der Waals surface area contributed by atoms with E-state index in [4.69, 9.17) is 11.6 Å². The van der Waals surface area contributed by atoms with Gasteiger partial charge in [0.1, 0.15) is 10.9 Å². The quantitative estimate of drug-likeness (QED) is 0.635. The zero-order valence-electron chi connectivity index (χ0n) is 8.77. The number of hydrogen-bond acceptors (Lipinski definition) is 6. The fourth-order valence-corrected chi connectivity index (χ4v) is 2.86. The topological polar surface area (TPSA) is 51.6 Å². The average molecular weight is 273 g/mol. The highest BCUT2D eigenvalue weighted by molar-refractivity contribution is 8.00. The summed E-state index contributed by atoms with van der Waals surface area (Å²) < 4.78 is 5.10. The molecule has 0 saturated carbocycles. The normalized spacial score (nSPS) is 10.7. The summed E-state index contributed by atoms with van der Waals surface area (Å²) in [6.07, 6.45) is 2.56. The lowest BCUT2D eigenvalue weighted by molar-refractivity contribution is 0.965. The Hall–Kier alpha value is -0.720. The lowest BCUT2D eigenvalue weighted by Gasteiger charge is -2.00. The molecule has 7 heteroatoms. The Balaban J connectivity index is 2.22. The van der Waals surface area contributed by atoms with Crippen LogP contribution < -0.4 is 0 Å². The molecule has 0 saturated heterocycles. The van der Waals surface area contributed by atoms with Crippen LogP contribution in [0.15, 0.2) is 15.6 Å². The molecule has 0 unspecified atom stereocenters. The third-order valence-electron chi connectivity index (χ3n) is 1.85. The smallest absolute Gasteiger partial charge is 0.223 e. The Bertz CT molecular complexity index is 500. The molecule has 0 bridgehead atoms. The van der Waals surface area contributed by atoms with Gasteiger partial charge in [-0.2, -0.15) is 4.37 Å². The van der Waals surface area contributed by atoms with Crippen molar-refractivity contribution in [2.45, 2.75) is 29.6 Å². The van der Waals surface area contributed by atoms with Crippen LogP contribution in [0.1, 0.15) is 18.3 Å². The number of aromatic nitrogens is 4. The second-order valence-corrected chi connectivity index (χ2v) is 5.39. The Morgan fingerprint density at radius 2 is 2.25 bits per heavy atom. The number of rotatable bonds is 3. The molecular formula is C9H9ClN4S2. The first-order valence-corrected chi connectivity index (χ1v) is 6.65. The van der Waals surface area contributed by atoms with Crippen LogP contribution in [0.25, 0.3) is 0 Å². The molecule has 84 valence electrons. The molecule has 0 spiro atoms. The van der Waals surface area contributed by atoms with Gasteiger partial charge in [-0.1, -0.05) is 6.92 Å². The van der Waals surface area contributed by atoms with Crippen molar-refractivity contribution < 1.29 is 0 Å². The van der Waals surface area contributed by atoms with Crippen molar-refractivity contribution in [3.8, 4) is 0 Å². The molecule has 2 rings (SSSR count). The number of aryl methyl sites for hydroxylation is 2. The van der Waals surface area contributed by atoms with Crippen LogP contribution in [0.3, 0.4) is 0 Å². The van der Waals surface area contributed by atoms with Crippen molar-refractivity contribution in [1.29, 1.82) is 0 Å². The Labute approximate surface area is 107 Å². The van der Waals surface area contributed by atoms with Gasteiger partial charge in [-0.25, -0.2) is 15.0 Å². The van der Waals surface area contributed by atoms with Gasteiger partial charge in [-0.15, -0.1) is 0 Å². The lowest BCUT2D eigenvalue weighted by Crippen LogP contribution is -1.89. The minimum absolute atomic E-state index is 0.258. The lowest BCUT2D eigenvalue weighted by atomic mass is 10.4. The van der Waals surface area contributed by atoms with Gasteiger partial charge in [0, 0.05) is 18.2 Å². The van der Waals surface area contributed by atoms with E-state index in [-0.39, 0.29) is 5.28 Å². The maximum atomic E-state index is 5.75. The molecule has 0 atom stereocenters. The summed E-state index contributed by atoms with van der Waals surface area (Å²) in [5.74, 6) is 0.866. The molecular weight excluding hydrogens is 264 g/mol. The van der Waals surface area contributed by atoms with E-state index in [1.54, 1.807) is 6.20 Å². The van der Waals surface area contributed by atoms with Gasteiger partial charge in [0.15, 0.2) is 4.34 Å². The zero-order valence-corrected chi connectivity index (χ0v) is 11.2. The van der Waals surface area contributed by atoms with Gasteiger partial charge in [-0.05, 0) is 41.8 Å². The van der Waals surface area contributed by atoms with Crippen molar-refractivity contribution in [1.82, 2.24) is 19.3 Å². The molecule has 16 heavy (non-hydrogen) atoms. The second-order valence-electron chi connectivity index (χ2n) is 3.06. The fraction of sp³-hybridized carbons (Fsp3) is 0.333. The number of nitrogens with zero attached hydrogens (tertiary/aromatic N) is 4. The molecule has 0 fully saturated rings. The van der Waals surface area contributed by atoms with Crippen LogP contribution >= 0.6 is 34.9 Å². The molecule has 4 nitrogen and oxygen atoms in total. The Morgan fingerprint density at radius 1 is 1.44 bits per heavy atom. The van der Waals surface area contributed by atoms with E-state index < -0.39 is 0 Å². The summed E-state index contributed by atoms with van der Waals surface area (Å²) in [6.45, 7) is 3.98. The molecule has 0 amide bonds. The monoisotopic (exact) mass is 272 g/mol. The molecule has 0 radical (unpaired) electrons. The van der Waals surface area contributed by atoms with Gasteiger partial charge in [0.2, 0.25) is 5.28 Å². The predicted octanol–water partition coefficient (Wildman–Crippen LogP) is 3.00. The van der Waals surface area contributed by atoms with Crippen molar-refractivity contribution >= 4 is 34.9 Å². The first-order chi connectivity index (χ1) is 7.69. The summed E-state index contributed by atoms with van der Waals surface area (Å²) in [5, 5.41) is 1.09. The molecule has 2 aromatic heterocycles. The first-order valence-electron chi connectivity index (χ1n) is 4.68. The molecule has 0 aliphatic rings. The summed E-state index contributed by atoms with van der Waals surface area (Å²) in [5.41, 5.74) is 0.989. The van der Waals surface area contributed by atoms with Crippen LogP contribution in [0, 0.1) is 6.92 Å². The number of hydrogen-bond donors (Lipinski definition) is 0. The van der Waals surface area contributed by atoms with E-state index in [2.05, 4.69) is 19.3 Å². The summed E-state index contributed by atoms with van der Waals surface area (Å²) in [4.78, 5) is 12.4. The van der Waals surface area contributed by atoms with Gasteiger partial charge in [0.25, 0.3) is 0 Å². The summed E-state index contributed by atoms with van der Waals surface area (Å²) in [7, 11) is 0. The Kier molecular flexibility index (Phi) is 3.73. The van der Waals surface area contributed by atoms with E-state index in [0.717, 1.165) is 27.2 Å². The second kappa shape index (κ2) is 5.07. The predicted molar refractivity (Wildman–Crippen MR) is 65.2 cm³/mol. The van der Waals surface area contributed by atoms with Gasteiger partial charge in [0.05, 0.1) is 0 Å². The SMILES string of the molecule is CCc1nsc(Sc2nc(Cl)ncc2C)n1. The standard InChI is InChI=1S/C9H9ClN4S2/c1-3-6-12-9(16-14-6)15-7-5(2)4-11-8(10)13-7/h4H,3H2,1-2H3. The van der Waals surface area contributed by atoms with Crippen LogP contribution in [-0.2, 0) is 6.42 Å². The van der Waals surface area contributed by atoms with Gasteiger partial charge >= 0.3 is 0 Å². The highest BCUT2D eigenvalue weighted by Crippen LogP contribution is 2.30. The van der Waals surface area contributed by atoms with Crippen LogP contribution in [0.4, 0.5) is 0 Å². The van der Waals surface area contributed by atoms with Crippen molar-refractivity contribution in [3.63, 3.8) is 0 Å². The van der Waals surface area contributed by atoms with E-state index in [1.807, 2.05) is 13.8 Å². The molecule has 0 aliphatic carbocycles. The molecule has 0 N–H and O–H groups in total. The van der Waals surface area contributed by atoms with E-state index >= 15 is 0 Å². The summed E-state index contributed by atoms with van der Waals surface area (Å²) in [6, 6.07) is 0. The third-order valence-corrected chi connectivity index (χ3v) is 3.92. The van der Waals surface area contributed by atoms with Gasteiger partial charge < -0.3 is 0 Å². The minimum atomic E-state index is 0.258. The fourth-order valence-electron chi connectivity index (χ4n) is 1.02. The van der Waals surface area contributed by atoms with E-state index in [9.17, 15) is 0 Å². The summed E-state index contributed by atoms with van der Waals surface area (Å²) >= 11 is 8.60. The number of halogens is 1. The maximum absolute atomic E-state index is 5.75. The molecule has 0 aromatic carbocycles. The third kappa shape index (κ3) is 2.69. The minimum Gasteiger partial charge on any atom is -0.226 e. The van der Waals surface area contributed by atoms with Crippen LogP contribution in [0.2, 0.25) is 5.28 Å². The highest BCUT2D eigenvalue weighted by atomic mass is 35.5. The molecule has 2 heterocycles. The van der Waals surface area contributed by atoms with Crippen molar-refractivity contribution in [2.75, 3.05) is 0 Å². The molecule has 2 aromatic rings. The van der Waals surface area contributed by atoms with Gasteiger partial charge in [-0.3, -0.25) is 0 Å².